The number of aryl methyl sites for hydroxylation is 2. The number of hydrogen-bond acceptors (Lipinski definition) is 4. The minimum atomic E-state index is -4.06. The van der Waals surface area contributed by atoms with E-state index in [0.29, 0.717) is 12.2 Å². The number of rotatable bonds is 12. The highest BCUT2D eigenvalue weighted by atomic mass is 32.2. The summed E-state index contributed by atoms with van der Waals surface area (Å²) in [4.78, 5) is 28.4. The van der Waals surface area contributed by atoms with Crippen molar-refractivity contribution in [2.24, 2.45) is 0 Å². The first kappa shape index (κ1) is 28.9. The van der Waals surface area contributed by atoms with E-state index in [1.807, 2.05) is 57.2 Å². The van der Waals surface area contributed by atoms with E-state index in [4.69, 9.17) is 0 Å². The highest BCUT2D eigenvalue weighted by molar-refractivity contribution is 7.92. The van der Waals surface area contributed by atoms with Crippen LogP contribution in [0.5, 0.6) is 0 Å². The first-order valence-electron chi connectivity index (χ1n) is 12.9. The summed E-state index contributed by atoms with van der Waals surface area (Å²) >= 11 is 0. The third-order valence-electron chi connectivity index (χ3n) is 6.58. The highest BCUT2D eigenvalue weighted by Crippen LogP contribution is 2.26. The highest BCUT2D eigenvalue weighted by Gasteiger charge is 2.32. The van der Waals surface area contributed by atoms with Gasteiger partial charge in [-0.1, -0.05) is 67.9 Å². The van der Waals surface area contributed by atoms with E-state index in [1.54, 1.807) is 37.3 Å². The molecule has 1 atom stereocenters. The predicted molar refractivity (Wildman–Crippen MR) is 151 cm³/mol. The quantitative estimate of drug-likeness (QED) is 0.337. The van der Waals surface area contributed by atoms with Gasteiger partial charge in [0.05, 0.1) is 10.6 Å². The van der Waals surface area contributed by atoms with Gasteiger partial charge in [0, 0.05) is 13.1 Å². The van der Waals surface area contributed by atoms with Crippen molar-refractivity contribution >= 4 is 27.5 Å². The Bertz CT molecular complexity index is 1330. The van der Waals surface area contributed by atoms with E-state index in [2.05, 4.69) is 5.32 Å². The van der Waals surface area contributed by atoms with Gasteiger partial charge in [-0.15, -0.1) is 0 Å². The van der Waals surface area contributed by atoms with Crippen molar-refractivity contribution in [2.45, 2.75) is 58.0 Å². The van der Waals surface area contributed by atoms with E-state index in [9.17, 15) is 18.0 Å². The molecule has 3 rings (SSSR count). The number of unbranched alkanes of at least 4 members (excludes halogenated alkanes) is 1. The third kappa shape index (κ3) is 7.22. The maximum absolute atomic E-state index is 13.9. The second-order valence-electron chi connectivity index (χ2n) is 9.42. The lowest BCUT2D eigenvalue weighted by Crippen LogP contribution is -2.51. The molecule has 0 aromatic heterocycles. The molecule has 0 saturated heterocycles. The Morgan fingerprint density at radius 1 is 0.895 bits per heavy atom. The van der Waals surface area contributed by atoms with Crippen LogP contribution in [0, 0.1) is 13.8 Å². The molecule has 0 saturated carbocycles. The fourth-order valence-corrected chi connectivity index (χ4v) is 5.46. The molecule has 2 amide bonds. The van der Waals surface area contributed by atoms with Gasteiger partial charge in [-0.3, -0.25) is 13.9 Å². The molecule has 202 valence electrons. The van der Waals surface area contributed by atoms with Gasteiger partial charge in [0.1, 0.15) is 12.6 Å². The van der Waals surface area contributed by atoms with Crippen LogP contribution in [0.2, 0.25) is 0 Å². The van der Waals surface area contributed by atoms with Gasteiger partial charge in [0.25, 0.3) is 10.0 Å². The van der Waals surface area contributed by atoms with E-state index >= 15 is 0 Å². The smallest absolute Gasteiger partial charge is 0.264 e. The molecule has 3 aromatic carbocycles. The lowest BCUT2D eigenvalue weighted by Gasteiger charge is -2.32. The Labute approximate surface area is 226 Å². The Morgan fingerprint density at radius 2 is 1.53 bits per heavy atom. The van der Waals surface area contributed by atoms with E-state index in [-0.39, 0.29) is 17.3 Å². The number of anilines is 1. The van der Waals surface area contributed by atoms with E-state index in [0.717, 1.165) is 33.8 Å². The molecule has 7 nitrogen and oxygen atoms in total. The molecular formula is C30H37N3O4S. The molecule has 0 spiro atoms. The van der Waals surface area contributed by atoms with Crippen molar-refractivity contribution < 1.29 is 18.0 Å². The summed E-state index contributed by atoms with van der Waals surface area (Å²) in [6.07, 6.45) is 1.77. The van der Waals surface area contributed by atoms with E-state index < -0.39 is 28.5 Å². The van der Waals surface area contributed by atoms with Gasteiger partial charge in [-0.2, -0.15) is 0 Å². The van der Waals surface area contributed by atoms with Crippen molar-refractivity contribution in [1.29, 1.82) is 0 Å². The van der Waals surface area contributed by atoms with Gasteiger partial charge in [0.2, 0.25) is 11.8 Å². The maximum atomic E-state index is 13.9. The number of benzene rings is 3. The van der Waals surface area contributed by atoms with Crippen molar-refractivity contribution in [3.63, 3.8) is 0 Å². The zero-order chi connectivity index (χ0) is 27.7. The SMILES string of the molecule is CCCCNC(=O)[C@H](C)N(Cc1ccccc1)C(=O)CN(c1ccc(C)c(C)c1)S(=O)(=O)c1ccccc1. The fraction of sp³-hybridized carbons (Fsp3) is 0.333. The van der Waals surface area contributed by atoms with Crippen LogP contribution in [0.15, 0.2) is 83.8 Å². The third-order valence-corrected chi connectivity index (χ3v) is 8.37. The summed E-state index contributed by atoms with van der Waals surface area (Å²) < 4.78 is 28.7. The Morgan fingerprint density at radius 3 is 2.13 bits per heavy atom. The van der Waals surface area contributed by atoms with Crippen molar-refractivity contribution in [3.05, 3.63) is 95.6 Å². The normalized spacial score (nSPS) is 12.0. The van der Waals surface area contributed by atoms with Gasteiger partial charge in [0.15, 0.2) is 0 Å². The van der Waals surface area contributed by atoms with Crippen LogP contribution >= 0.6 is 0 Å². The molecule has 0 heterocycles. The average Bonchev–Trinajstić information content (AvgIpc) is 2.92. The molecule has 1 N–H and O–H groups in total. The van der Waals surface area contributed by atoms with Crippen molar-refractivity contribution in [2.75, 3.05) is 17.4 Å². The standard InChI is InChI=1S/C30H37N3O4S/c1-5-6-19-31-30(35)25(4)32(21-26-13-9-7-10-14-26)29(34)22-33(27-18-17-23(2)24(3)20-27)38(36,37)28-15-11-8-12-16-28/h7-18,20,25H,5-6,19,21-22H2,1-4H3,(H,31,35)/t25-/m0/s1. The Hall–Kier alpha value is -3.65. The summed E-state index contributed by atoms with van der Waals surface area (Å²) in [7, 11) is -4.06. The molecule has 0 unspecified atom stereocenters. The molecule has 3 aromatic rings. The van der Waals surface area contributed by atoms with E-state index in [1.165, 1.54) is 17.0 Å². The molecule has 0 radical (unpaired) electrons. The monoisotopic (exact) mass is 535 g/mol. The Kier molecular flexibility index (Phi) is 10.1. The van der Waals surface area contributed by atoms with Crippen LogP contribution in [0.3, 0.4) is 0 Å². The first-order valence-corrected chi connectivity index (χ1v) is 14.3. The number of carbonyl (C=O) groups excluding carboxylic acids is 2. The van der Waals surface area contributed by atoms with Gasteiger partial charge >= 0.3 is 0 Å². The predicted octanol–water partition coefficient (Wildman–Crippen LogP) is 4.83. The Balaban J connectivity index is 1.99. The minimum absolute atomic E-state index is 0.0889. The summed E-state index contributed by atoms with van der Waals surface area (Å²) in [5, 5.41) is 2.89. The number of hydrogen-bond donors (Lipinski definition) is 1. The summed E-state index contributed by atoms with van der Waals surface area (Å²) in [6, 6.07) is 22.0. The summed E-state index contributed by atoms with van der Waals surface area (Å²) in [6.45, 7) is 7.81. The van der Waals surface area contributed by atoms with Crippen LogP contribution < -0.4 is 9.62 Å². The topological polar surface area (TPSA) is 86.8 Å². The van der Waals surface area contributed by atoms with Gasteiger partial charge in [-0.25, -0.2) is 8.42 Å². The number of carbonyl (C=O) groups is 2. The largest absolute Gasteiger partial charge is 0.354 e. The summed E-state index contributed by atoms with van der Waals surface area (Å²) in [5.41, 5.74) is 3.16. The number of amides is 2. The molecule has 0 aliphatic rings. The van der Waals surface area contributed by atoms with Crippen LogP contribution in [-0.4, -0.2) is 44.3 Å². The summed E-state index contributed by atoms with van der Waals surface area (Å²) in [5.74, 6) is -0.740. The molecule has 8 heteroatoms. The molecular weight excluding hydrogens is 498 g/mol. The van der Waals surface area contributed by atoms with Gasteiger partial charge < -0.3 is 10.2 Å². The number of nitrogens with zero attached hydrogens (tertiary/aromatic N) is 2. The lowest BCUT2D eigenvalue weighted by atomic mass is 10.1. The zero-order valence-electron chi connectivity index (χ0n) is 22.6. The molecule has 0 aliphatic heterocycles. The fourth-order valence-electron chi connectivity index (χ4n) is 4.03. The van der Waals surface area contributed by atoms with Crippen LogP contribution in [0.1, 0.15) is 43.4 Å². The molecule has 0 aliphatic carbocycles. The number of sulfonamides is 1. The van der Waals surface area contributed by atoms with Crippen molar-refractivity contribution in [1.82, 2.24) is 10.2 Å². The average molecular weight is 536 g/mol. The second-order valence-corrected chi connectivity index (χ2v) is 11.3. The molecule has 0 fully saturated rings. The number of nitrogens with one attached hydrogen (secondary N) is 1. The van der Waals surface area contributed by atoms with Crippen LogP contribution in [0.25, 0.3) is 0 Å². The molecule has 38 heavy (non-hydrogen) atoms. The lowest BCUT2D eigenvalue weighted by molar-refractivity contribution is -0.139. The van der Waals surface area contributed by atoms with Crippen LogP contribution in [0.4, 0.5) is 5.69 Å². The second kappa shape index (κ2) is 13.2. The van der Waals surface area contributed by atoms with Crippen molar-refractivity contribution in [3.8, 4) is 0 Å². The minimum Gasteiger partial charge on any atom is -0.354 e. The van der Waals surface area contributed by atoms with Gasteiger partial charge in [-0.05, 0) is 68.1 Å². The first-order chi connectivity index (χ1) is 18.1. The maximum Gasteiger partial charge on any atom is 0.264 e. The zero-order valence-corrected chi connectivity index (χ0v) is 23.4. The van der Waals surface area contributed by atoms with Crippen LogP contribution in [-0.2, 0) is 26.2 Å². The molecule has 0 bridgehead atoms.